The molecule has 1 heterocycles. The zero-order valence-electron chi connectivity index (χ0n) is 32.2. The Kier molecular flexibility index (Phi) is 6.64. The van der Waals surface area contributed by atoms with E-state index in [0.717, 1.165) is 22.6 Å². The molecule has 10 aromatic rings. The second kappa shape index (κ2) is 12.0. The molecule has 1 heteroatoms. The van der Waals surface area contributed by atoms with Crippen LogP contribution in [-0.2, 0) is 10.8 Å². The van der Waals surface area contributed by atoms with Crippen LogP contribution in [0.5, 0.6) is 11.5 Å². The van der Waals surface area contributed by atoms with E-state index in [0.29, 0.717) is 0 Å². The normalized spacial score (nSPS) is 16.1. The molecule has 0 aromatic heterocycles. The summed E-state index contributed by atoms with van der Waals surface area (Å²) in [6.45, 7) is 0. The van der Waals surface area contributed by atoms with E-state index in [1.54, 1.807) is 0 Å². The van der Waals surface area contributed by atoms with Gasteiger partial charge in [0.1, 0.15) is 11.5 Å². The standard InChI is InChI=1S/C58H36O/c1-2-19-41(20-3-1)57(50-29-15-11-25-46(50)56-43-22-7-6-16-37(43)30-32-51(56)57)47-26-12-8-21-42(47)40-31-33-54-52(35-40)58(53-34-38-17-4-5-18-39(38)36-55(53)59-54)48-27-13-9-23-44(48)45-24-10-14-28-49(45)58/h1-36H. The highest BCUT2D eigenvalue weighted by atomic mass is 16.5. The van der Waals surface area contributed by atoms with Gasteiger partial charge >= 0.3 is 0 Å². The van der Waals surface area contributed by atoms with E-state index in [2.05, 4.69) is 218 Å². The number of fused-ring (bicyclic) bond motifs is 15. The second-order valence-electron chi connectivity index (χ2n) is 16.3. The lowest BCUT2D eigenvalue weighted by Crippen LogP contribution is -2.32. The average molecular weight is 749 g/mol. The van der Waals surface area contributed by atoms with Crippen LogP contribution < -0.4 is 4.74 Å². The van der Waals surface area contributed by atoms with E-state index in [-0.39, 0.29) is 0 Å². The van der Waals surface area contributed by atoms with Gasteiger partial charge in [-0.15, -0.1) is 0 Å². The molecule has 0 saturated carbocycles. The van der Waals surface area contributed by atoms with Crippen LogP contribution in [0.1, 0.15) is 44.5 Å². The fourth-order valence-corrected chi connectivity index (χ4v) is 11.3. The minimum atomic E-state index is -0.590. The van der Waals surface area contributed by atoms with Gasteiger partial charge in [-0.25, -0.2) is 0 Å². The first-order valence-electron chi connectivity index (χ1n) is 20.6. The van der Waals surface area contributed by atoms with Crippen molar-refractivity contribution in [2.24, 2.45) is 0 Å². The molecule has 0 saturated heterocycles. The molecular weight excluding hydrogens is 713 g/mol. The Morgan fingerprint density at radius 3 is 1.53 bits per heavy atom. The highest BCUT2D eigenvalue weighted by Crippen LogP contribution is 2.64. The van der Waals surface area contributed by atoms with Gasteiger partial charge in [-0.2, -0.15) is 0 Å². The Hall–Kier alpha value is -7.48. The minimum Gasteiger partial charge on any atom is -0.457 e. The van der Waals surface area contributed by atoms with E-state index in [9.17, 15) is 0 Å². The van der Waals surface area contributed by atoms with Crippen LogP contribution >= 0.6 is 0 Å². The zero-order valence-corrected chi connectivity index (χ0v) is 32.2. The predicted molar refractivity (Wildman–Crippen MR) is 242 cm³/mol. The first kappa shape index (κ1) is 32.6. The number of hydrogen-bond acceptors (Lipinski definition) is 1. The monoisotopic (exact) mass is 748 g/mol. The maximum atomic E-state index is 7.05. The van der Waals surface area contributed by atoms with Crippen molar-refractivity contribution in [2.45, 2.75) is 10.8 Å². The summed E-state index contributed by atoms with van der Waals surface area (Å²) in [4.78, 5) is 0. The summed E-state index contributed by atoms with van der Waals surface area (Å²) in [5.41, 5.74) is 16.4. The van der Waals surface area contributed by atoms with Crippen molar-refractivity contribution < 1.29 is 4.74 Å². The van der Waals surface area contributed by atoms with Crippen molar-refractivity contribution in [1.82, 2.24) is 0 Å². The lowest BCUT2D eigenvalue weighted by molar-refractivity contribution is 0.437. The fourth-order valence-electron chi connectivity index (χ4n) is 11.3. The number of hydrogen-bond donors (Lipinski definition) is 0. The highest BCUT2D eigenvalue weighted by molar-refractivity contribution is 6.04. The Morgan fingerprint density at radius 1 is 0.288 bits per heavy atom. The van der Waals surface area contributed by atoms with Gasteiger partial charge in [0.2, 0.25) is 0 Å². The van der Waals surface area contributed by atoms with E-state index in [4.69, 9.17) is 4.74 Å². The van der Waals surface area contributed by atoms with Gasteiger partial charge in [-0.3, -0.25) is 0 Å². The van der Waals surface area contributed by atoms with Crippen molar-refractivity contribution in [2.75, 3.05) is 0 Å². The van der Waals surface area contributed by atoms with Crippen molar-refractivity contribution in [3.63, 3.8) is 0 Å². The van der Waals surface area contributed by atoms with Crippen LogP contribution in [0.4, 0.5) is 0 Å². The fraction of sp³-hybridized carbons (Fsp3) is 0.0345. The maximum Gasteiger partial charge on any atom is 0.132 e. The smallest absolute Gasteiger partial charge is 0.132 e. The lowest BCUT2D eigenvalue weighted by atomic mass is 9.64. The molecule has 1 aliphatic heterocycles. The van der Waals surface area contributed by atoms with Gasteiger partial charge in [-0.05, 0) is 113 Å². The van der Waals surface area contributed by atoms with Gasteiger partial charge in [0, 0.05) is 11.1 Å². The average Bonchev–Trinajstić information content (AvgIpc) is 3.78. The van der Waals surface area contributed by atoms with Gasteiger partial charge in [-0.1, -0.05) is 194 Å². The quantitative estimate of drug-likeness (QED) is 0.175. The van der Waals surface area contributed by atoms with Gasteiger partial charge in [0.05, 0.1) is 10.8 Å². The van der Waals surface area contributed by atoms with E-state index in [1.165, 1.54) is 88.3 Å². The Balaban J connectivity index is 1.13. The van der Waals surface area contributed by atoms with Crippen LogP contribution in [-0.4, -0.2) is 0 Å². The largest absolute Gasteiger partial charge is 0.457 e. The maximum absolute atomic E-state index is 7.05. The SMILES string of the molecule is c1ccc(C2(c3ccccc3-c3ccc4c(c3)C3(c5cc6ccccc6cc5O4)c4ccccc4-c4ccccc43)c3ccccc3-c3c2ccc2ccccc32)cc1. The van der Waals surface area contributed by atoms with Crippen molar-refractivity contribution in [1.29, 1.82) is 0 Å². The van der Waals surface area contributed by atoms with E-state index in [1.807, 2.05) is 0 Å². The van der Waals surface area contributed by atoms with Crippen molar-refractivity contribution in [3.8, 4) is 44.9 Å². The minimum absolute atomic E-state index is 0.573. The molecule has 13 rings (SSSR count). The number of benzene rings is 10. The molecule has 0 radical (unpaired) electrons. The molecular formula is C58H36O. The third kappa shape index (κ3) is 4.19. The van der Waals surface area contributed by atoms with E-state index >= 15 is 0 Å². The Labute approximate surface area is 343 Å². The van der Waals surface area contributed by atoms with Crippen molar-refractivity contribution >= 4 is 21.5 Å². The highest BCUT2D eigenvalue weighted by Gasteiger charge is 2.52. The molecule has 0 fully saturated rings. The predicted octanol–water partition coefficient (Wildman–Crippen LogP) is 14.5. The molecule has 1 unspecified atom stereocenters. The molecule has 0 amide bonds. The summed E-state index contributed by atoms with van der Waals surface area (Å²) >= 11 is 0. The van der Waals surface area contributed by atoms with E-state index < -0.39 is 10.8 Å². The molecule has 59 heavy (non-hydrogen) atoms. The topological polar surface area (TPSA) is 9.23 Å². The first-order valence-corrected chi connectivity index (χ1v) is 20.6. The third-order valence-corrected chi connectivity index (χ3v) is 13.6. The summed E-state index contributed by atoms with van der Waals surface area (Å²) in [5, 5.41) is 4.91. The van der Waals surface area contributed by atoms with Crippen LogP contribution in [0.15, 0.2) is 218 Å². The molecule has 1 spiro atoms. The first-order chi connectivity index (χ1) is 29.3. The Bertz CT molecular complexity index is 3330. The van der Waals surface area contributed by atoms with Crippen LogP contribution in [0, 0.1) is 0 Å². The van der Waals surface area contributed by atoms with Gasteiger partial charge < -0.3 is 4.74 Å². The molecule has 10 aromatic carbocycles. The summed E-state index contributed by atoms with van der Waals surface area (Å²) in [5.74, 6) is 1.80. The summed E-state index contributed by atoms with van der Waals surface area (Å²) in [6.07, 6.45) is 0. The summed E-state index contributed by atoms with van der Waals surface area (Å²) in [6, 6.07) is 81.2. The molecule has 0 N–H and O–H groups in total. The third-order valence-electron chi connectivity index (χ3n) is 13.6. The molecule has 2 aliphatic carbocycles. The molecule has 0 bridgehead atoms. The molecule has 3 aliphatic rings. The van der Waals surface area contributed by atoms with Gasteiger partial charge in [0.25, 0.3) is 0 Å². The molecule has 1 nitrogen and oxygen atoms in total. The molecule has 274 valence electrons. The lowest BCUT2D eigenvalue weighted by Gasteiger charge is -2.40. The number of ether oxygens (including phenoxy) is 1. The van der Waals surface area contributed by atoms with Crippen LogP contribution in [0.2, 0.25) is 0 Å². The Morgan fingerprint density at radius 2 is 0.814 bits per heavy atom. The second-order valence-corrected chi connectivity index (χ2v) is 16.3. The summed E-state index contributed by atoms with van der Waals surface area (Å²) in [7, 11) is 0. The van der Waals surface area contributed by atoms with Gasteiger partial charge in [0.15, 0.2) is 0 Å². The molecule has 1 atom stereocenters. The van der Waals surface area contributed by atoms with Crippen molar-refractivity contribution in [3.05, 3.63) is 263 Å². The van der Waals surface area contributed by atoms with Crippen LogP contribution in [0.25, 0.3) is 54.9 Å². The van der Waals surface area contributed by atoms with Crippen LogP contribution in [0.3, 0.4) is 0 Å². The summed E-state index contributed by atoms with van der Waals surface area (Å²) < 4.78 is 7.05. The number of rotatable bonds is 3. The zero-order chi connectivity index (χ0) is 38.7.